The molecule has 2 heterocycles. The zero-order valence-corrected chi connectivity index (χ0v) is 18.3. The second-order valence-electron chi connectivity index (χ2n) is 10.7. The van der Waals surface area contributed by atoms with E-state index in [1.807, 2.05) is 18.3 Å². The van der Waals surface area contributed by atoms with Crippen molar-refractivity contribution in [2.45, 2.75) is 84.0 Å². The molecule has 1 aliphatic heterocycles. The molecule has 3 aliphatic carbocycles. The van der Waals surface area contributed by atoms with Gasteiger partial charge in [-0.05, 0) is 85.7 Å². The molecule has 1 saturated heterocycles. The van der Waals surface area contributed by atoms with E-state index in [1.165, 1.54) is 38.5 Å². The van der Waals surface area contributed by atoms with Crippen molar-refractivity contribution in [1.82, 2.24) is 9.88 Å². The van der Waals surface area contributed by atoms with Crippen molar-refractivity contribution >= 4 is 5.91 Å². The highest BCUT2D eigenvalue weighted by atomic mass is 16.5. The number of likely N-dealkylation sites (tertiary alicyclic amines) is 1. The Morgan fingerprint density at radius 3 is 2.69 bits per heavy atom. The van der Waals surface area contributed by atoms with Crippen molar-refractivity contribution in [3.63, 3.8) is 0 Å². The number of fused-ring (bicyclic) bond motifs is 5. The third-order valence-corrected chi connectivity index (χ3v) is 9.63. The lowest BCUT2D eigenvalue weighted by molar-refractivity contribution is -0.162. The number of amides is 1. The third-order valence-electron chi connectivity index (χ3n) is 9.63. The Morgan fingerprint density at radius 1 is 1.07 bits per heavy atom. The molecule has 4 heteroatoms. The Labute approximate surface area is 175 Å². The molecule has 5 rings (SSSR count). The molecule has 4 fully saturated rings. The lowest BCUT2D eigenvalue weighted by atomic mass is 9.47. The van der Waals surface area contributed by atoms with Gasteiger partial charge < -0.3 is 9.64 Å². The average Bonchev–Trinajstić information content (AvgIpc) is 3.07. The molecular formula is C25H36N2O2. The topological polar surface area (TPSA) is 42.4 Å². The predicted molar refractivity (Wildman–Crippen MR) is 113 cm³/mol. The smallest absolute Gasteiger partial charge is 0.222 e. The van der Waals surface area contributed by atoms with Crippen molar-refractivity contribution in [3.8, 4) is 0 Å². The first kappa shape index (κ1) is 19.5. The lowest BCUT2D eigenvalue weighted by Crippen LogP contribution is -2.61. The van der Waals surface area contributed by atoms with Crippen molar-refractivity contribution < 1.29 is 9.53 Å². The quantitative estimate of drug-likeness (QED) is 0.735. The third kappa shape index (κ3) is 2.97. The number of aromatic nitrogens is 1. The second-order valence-corrected chi connectivity index (χ2v) is 10.7. The minimum Gasteiger partial charge on any atom is -0.371 e. The van der Waals surface area contributed by atoms with Gasteiger partial charge in [-0.2, -0.15) is 0 Å². The van der Waals surface area contributed by atoms with E-state index in [0.29, 0.717) is 35.5 Å². The standard InChI is InChI=1S/C25H36N2O2/c1-24-14-12-23(28)27(3)21(24)9-7-18-19-8-10-22(25(19,2)13-11-20(18)24)29-16-17-6-4-5-15-26-17/h4-6,15,18-22H,7-14,16H2,1-3H3/t18-,19-,20-,21+,22-,24+,25-/m0/s1. The summed E-state index contributed by atoms with van der Waals surface area (Å²) in [6, 6.07) is 6.52. The van der Waals surface area contributed by atoms with Gasteiger partial charge in [-0.3, -0.25) is 9.78 Å². The fourth-order valence-electron chi connectivity index (χ4n) is 8.05. The molecule has 29 heavy (non-hydrogen) atoms. The van der Waals surface area contributed by atoms with Crippen LogP contribution >= 0.6 is 0 Å². The molecule has 0 radical (unpaired) electrons. The summed E-state index contributed by atoms with van der Waals surface area (Å²) in [4.78, 5) is 18.9. The molecule has 0 bridgehead atoms. The summed E-state index contributed by atoms with van der Waals surface area (Å²) in [5.41, 5.74) is 1.64. The van der Waals surface area contributed by atoms with Crippen LogP contribution in [-0.2, 0) is 16.1 Å². The summed E-state index contributed by atoms with van der Waals surface area (Å²) in [7, 11) is 2.05. The number of rotatable bonds is 3. The summed E-state index contributed by atoms with van der Waals surface area (Å²) in [6.45, 7) is 5.65. The lowest BCUT2D eigenvalue weighted by Gasteiger charge is -2.61. The first-order valence-electron chi connectivity index (χ1n) is 11.7. The van der Waals surface area contributed by atoms with E-state index in [-0.39, 0.29) is 0 Å². The van der Waals surface area contributed by atoms with Crippen LogP contribution in [-0.4, -0.2) is 35.0 Å². The van der Waals surface area contributed by atoms with Crippen LogP contribution in [0.2, 0.25) is 0 Å². The molecule has 0 aromatic carbocycles. The molecule has 7 atom stereocenters. The normalized spacial score (nSPS) is 44.2. The van der Waals surface area contributed by atoms with Crippen molar-refractivity contribution in [1.29, 1.82) is 0 Å². The highest BCUT2D eigenvalue weighted by molar-refractivity contribution is 5.77. The van der Waals surface area contributed by atoms with Gasteiger partial charge in [-0.15, -0.1) is 0 Å². The zero-order valence-electron chi connectivity index (χ0n) is 18.3. The first-order chi connectivity index (χ1) is 13.9. The number of ether oxygens (including phenoxy) is 1. The van der Waals surface area contributed by atoms with Gasteiger partial charge in [0.1, 0.15) is 0 Å². The monoisotopic (exact) mass is 396 g/mol. The summed E-state index contributed by atoms with van der Waals surface area (Å²) >= 11 is 0. The van der Waals surface area contributed by atoms with Gasteiger partial charge >= 0.3 is 0 Å². The summed E-state index contributed by atoms with van der Waals surface area (Å²) in [6.07, 6.45) is 11.6. The van der Waals surface area contributed by atoms with Gasteiger partial charge in [0.15, 0.2) is 0 Å². The van der Waals surface area contributed by atoms with Gasteiger partial charge in [0, 0.05) is 25.7 Å². The van der Waals surface area contributed by atoms with E-state index >= 15 is 0 Å². The van der Waals surface area contributed by atoms with Crippen LogP contribution in [0.3, 0.4) is 0 Å². The van der Waals surface area contributed by atoms with Crippen molar-refractivity contribution in [3.05, 3.63) is 30.1 Å². The average molecular weight is 397 g/mol. The fourth-order valence-corrected chi connectivity index (χ4v) is 8.05. The first-order valence-corrected chi connectivity index (χ1v) is 11.7. The highest BCUT2D eigenvalue weighted by Crippen LogP contribution is 2.65. The van der Waals surface area contributed by atoms with Gasteiger partial charge in [-0.1, -0.05) is 19.9 Å². The molecule has 0 unspecified atom stereocenters. The maximum atomic E-state index is 12.3. The Kier molecular flexibility index (Phi) is 4.77. The number of carbonyl (C=O) groups excluding carboxylic acids is 1. The maximum absolute atomic E-state index is 12.3. The van der Waals surface area contributed by atoms with Crippen LogP contribution in [0.5, 0.6) is 0 Å². The minimum atomic E-state index is 0.301. The molecule has 1 aromatic rings. The minimum absolute atomic E-state index is 0.301. The van der Waals surface area contributed by atoms with E-state index in [4.69, 9.17) is 4.74 Å². The van der Waals surface area contributed by atoms with Crippen molar-refractivity contribution in [2.24, 2.45) is 28.6 Å². The molecule has 4 aliphatic rings. The van der Waals surface area contributed by atoms with E-state index in [9.17, 15) is 4.79 Å². The Morgan fingerprint density at radius 2 is 1.90 bits per heavy atom. The van der Waals surface area contributed by atoms with Crippen LogP contribution < -0.4 is 0 Å². The van der Waals surface area contributed by atoms with E-state index in [1.54, 1.807) is 0 Å². The van der Waals surface area contributed by atoms with E-state index in [0.717, 1.165) is 36.3 Å². The Bertz CT molecular complexity index is 767. The highest BCUT2D eigenvalue weighted by Gasteiger charge is 2.61. The predicted octanol–water partition coefficient (Wildman–Crippen LogP) is 4.83. The number of carbonyl (C=O) groups is 1. The second kappa shape index (κ2) is 7.08. The van der Waals surface area contributed by atoms with E-state index in [2.05, 4.69) is 36.8 Å². The van der Waals surface area contributed by atoms with Crippen LogP contribution in [0, 0.1) is 28.6 Å². The number of piperidine rings is 1. The summed E-state index contributed by atoms with van der Waals surface area (Å²) in [5, 5.41) is 0. The number of hydrogen-bond acceptors (Lipinski definition) is 3. The molecule has 1 amide bonds. The maximum Gasteiger partial charge on any atom is 0.222 e. The van der Waals surface area contributed by atoms with Crippen molar-refractivity contribution in [2.75, 3.05) is 7.05 Å². The fraction of sp³-hybridized carbons (Fsp3) is 0.760. The summed E-state index contributed by atoms with van der Waals surface area (Å²) in [5.74, 6) is 2.70. The number of nitrogens with zero attached hydrogens (tertiary/aromatic N) is 2. The van der Waals surface area contributed by atoms with Crippen LogP contribution in [0.4, 0.5) is 0 Å². The van der Waals surface area contributed by atoms with Gasteiger partial charge in [0.05, 0.1) is 18.4 Å². The zero-order chi connectivity index (χ0) is 20.2. The van der Waals surface area contributed by atoms with Crippen LogP contribution in [0.15, 0.2) is 24.4 Å². The molecular weight excluding hydrogens is 360 g/mol. The van der Waals surface area contributed by atoms with Gasteiger partial charge in [-0.25, -0.2) is 0 Å². The van der Waals surface area contributed by atoms with Gasteiger partial charge in [0.2, 0.25) is 5.91 Å². The van der Waals surface area contributed by atoms with Crippen LogP contribution in [0.25, 0.3) is 0 Å². The summed E-state index contributed by atoms with van der Waals surface area (Å²) < 4.78 is 6.49. The van der Waals surface area contributed by atoms with E-state index < -0.39 is 0 Å². The number of pyridine rings is 1. The number of hydrogen-bond donors (Lipinski definition) is 0. The Hall–Kier alpha value is -1.42. The molecule has 0 N–H and O–H groups in total. The molecule has 158 valence electrons. The van der Waals surface area contributed by atoms with Gasteiger partial charge in [0.25, 0.3) is 0 Å². The molecule has 3 saturated carbocycles. The van der Waals surface area contributed by atoms with Crippen LogP contribution in [0.1, 0.15) is 70.9 Å². The SMILES string of the molecule is CN1C(=O)CC[C@]2(C)[C@H]3CC[C@]4(C)[C@@H](OCc5ccccn5)CC[C@H]4[C@@H]3CC[C@@H]12. The molecule has 4 nitrogen and oxygen atoms in total. The molecule has 1 aromatic heterocycles. The largest absolute Gasteiger partial charge is 0.371 e. The Balaban J connectivity index is 1.33. The molecule has 0 spiro atoms.